The molecule has 1 N–H and O–H groups in total. The van der Waals surface area contributed by atoms with Crippen molar-refractivity contribution < 1.29 is 33.6 Å². The third kappa shape index (κ3) is 6.25. The van der Waals surface area contributed by atoms with Crippen LogP contribution in [0, 0.1) is 0 Å². The zero-order chi connectivity index (χ0) is 6.78. The summed E-state index contributed by atoms with van der Waals surface area (Å²) >= 11 is -1.23. The van der Waals surface area contributed by atoms with E-state index in [1.165, 1.54) is 0 Å². The maximum absolute atomic E-state index is 9.60. The monoisotopic (exact) mass is 201 g/mol. The molecule has 0 aromatic carbocycles. The van der Waals surface area contributed by atoms with Crippen molar-refractivity contribution in [2.45, 2.75) is 0 Å². The van der Waals surface area contributed by atoms with Gasteiger partial charge >= 0.3 is 50.8 Å². The van der Waals surface area contributed by atoms with Crippen LogP contribution in [0.3, 0.4) is 0 Å². The Bertz CT molecular complexity index is 268. The molecule has 0 saturated heterocycles. The van der Waals surface area contributed by atoms with Crippen LogP contribution < -0.4 is 0 Å². The standard InChI is InChI=1S/Fe.HO3S.O2S/c;1-4(2)3;1-3-2/h;(H,1,2,3);. The molecule has 0 spiro atoms. The van der Waals surface area contributed by atoms with E-state index in [1.807, 2.05) is 0 Å². The average molecular weight is 201 g/mol. The van der Waals surface area contributed by atoms with Crippen LogP contribution in [0.4, 0.5) is 0 Å². The summed E-state index contributed by atoms with van der Waals surface area (Å²) in [6, 6.07) is 0. The van der Waals surface area contributed by atoms with Crippen LogP contribution in [0.25, 0.3) is 0 Å². The van der Waals surface area contributed by atoms with Crippen LogP contribution in [0.5, 0.6) is 0 Å². The molecule has 0 heterocycles. The molecule has 0 aromatic rings. The van der Waals surface area contributed by atoms with E-state index in [0.717, 1.165) is 0 Å². The van der Waals surface area contributed by atoms with E-state index in [0.29, 0.717) is 0 Å². The van der Waals surface area contributed by atoms with Crippen molar-refractivity contribution in [3.63, 3.8) is 0 Å². The van der Waals surface area contributed by atoms with Crippen molar-refractivity contribution in [2.24, 2.45) is 0 Å². The molecule has 0 radical (unpaired) electrons. The van der Waals surface area contributed by atoms with Crippen molar-refractivity contribution in [1.29, 1.82) is 0 Å². The number of hydrogen-bond acceptors (Lipinski definition) is 4. The van der Waals surface area contributed by atoms with Crippen molar-refractivity contribution >= 4 is 17.2 Å². The third-order valence-electron chi connectivity index (χ3n) is 0.123. The van der Waals surface area contributed by atoms with Gasteiger partial charge < -0.3 is 0 Å². The number of rotatable bonds is 1. The van der Waals surface area contributed by atoms with E-state index in [-0.39, 0.29) is 0 Å². The molecule has 0 rings (SSSR count). The molecule has 51 valence electrons. The van der Waals surface area contributed by atoms with Crippen molar-refractivity contribution in [2.75, 3.05) is 0 Å². The average Bonchev–Trinajstić information content (AvgIpc) is 1.21. The van der Waals surface area contributed by atoms with Crippen LogP contribution in [-0.4, -0.2) is 21.4 Å². The summed E-state index contributed by atoms with van der Waals surface area (Å²) in [5.41, 5.74) is 0. The van der Waals surface area contributed by atoms with Gasteiger partial charge in [-0.1, -0.05) is 0 Å². The molecule has 0 amide bonds. The maximum atomic E-state index is 9.60. The molecule has 8 heteroatoms. The summed E-state index contributed by atoms with van der Waals surface area (Å²) in [4.78, 5) is 0. The summed E-state index contributed by atoms with van der Waals surface area (Å²) in [7, 11) is -7.06. The van der Waals surface area contributed by atoms with Gasteiger partial charge in [0.1, 0.15) is 0 Å². The van der Waals surface area contributed by atoms with Gasteiger partial charge in [-0.15, -0.1) is 0 Å². The molecule has 0 aliphatic carbocycles. The van der Waals surface area contributed by atoms with Gasteiger partial charge in [0.05, 0.1) is 0 Å². The molecular formula is HFeO5S2. The fourth-order valence-electron chi connectivity index (χ4n) is 0.0608. The van der Waals surface area contributed by atoms with E-state index >= 15 is 0 Å². The van der Waals surface area contributed by atoms with E-state index in [2.05, 4.69) is 0 Å². The topological polar surface area (TPSA) is 88.5 Å². The summed E-state index contributed by atoms with van der Waals surface area (Å²) in [6.45, 7) is 0. The van der Waals surface area contributed by atoms with Crippen LogP contribution in [0.15, 0.2) is 0 Å². The molecule has 0 aromatic heterocycles. The van der Waals surface area contributed by atoms with Gasteiger partial charge in [-0.25, -0.2) is 0 Å². The van der Waals surface area contributed by atoms with E-state index in [9.17, 15) is 16.8 Å². The van der Waals surface area contributed by atoms with Crippen molar-refractivity contribution in [1.82, 2.24) is 0 Å². The molecule has 0 aliphatic rings. The normalized spacial score (nSPS) is 11.1. The Morgan fingerprint density at radius 1 is 1.38 bits per heavy atom. The molecule has 0 saturated carbocycles. The Kier molecular flexibility index (Phi) is 2.78. The predicted molar refractivity (Wildman–Crippen MR) is 20.5 cm³/mol. The van der Waals surface area contributed by atoms with E-state index in [1.54, 1.807) is 0 Å². The first-order valence-corrected chi connectivity index (χ1v) is 6.12. The van der Waals surface area contributed by atoms with E-state index < -0.39 is 29.4 Å². The van der Waals surface area contributed by atoms with Gasteiger partial charge in [0, 0.05) is 0 Å². The fourth-order valence-corrected chi connectivity index (χ4v) is 2.26. The van der Waals surface area contributed by atoms with Crippen LogP contribution >= 0.6 is 0 Å². The Morgan fingerprint density at radius 3 is 1.75 bits per heavy atom. The van der Waals surface area contributed by atoms with Gasteiger partial charge in [-0.2, -0.15) is 0 Å². The van der Waals surface area contributed by atoms with Gasteiger partial charge in [0.15, 0.2) is 0 Å². The van der Waals surface area contributed by atoms with Crippen LogP contribution in [0.2, 0.25) is 0 Å². The Labute approximate surface area is 51.1 Å². The second-order valence-corrected chi connectivity index (χ2v) is 6.76. The molecule has 0 aliphatic heterocycles. The molecular weight excluding hydrogens is 200 g/mol. The molecule has 5 nitrogen and oxygen atoms in total. The van der Waals surface area contributed by atoms with E-state index in [4.69, 9.17) is 4.55 Å². The Hall–Kier alpha value is 0.249. The summed E-state index contributed by atoms with van der Waals surface area (Å²) in [5.74, 6) is 0. The minimum atomic E-state index is -4.34. The van der Waals surface area contributed by atoms with Gasteiger partial charge in [0.2, 0.25) is 0 Å². The summed E-state index contributed by atoms with van der Waals surface area (Å²) in [5, 5.41) is 0. The van der Waals surface area contributed by atoms with Gasteiger partial charge in [-0.3, -0.25) is 0 Å². The molecule has 0 bridgehead atoms. The predicted octanol–water partition coefficient (Wildman–Crippen LogP) is -1.33. The molecule has 8 heavy (non-hydrogen) atoms. The second-order valence-electron chi connectivity index (χ2n) is 0.644. The van der Waals surface area contributed by atoms with Gasteiger partial charge in [0.25, 0.3) is 0 Å². The zero-order valence-electron chi connectivity index (χ0n) is 3.25. The van der Waals surface area contributed by atoms with Crippen molar-refractivity contribution in [3.05, 3.63) is 0 Å². The summed E-state index contributed by atoms with van der Waals surface area (Å²) < 4.78 is 45.9. The number of hydrogen-bond donors (Lipinski definition) is 1. The molecule has 0 atom stereocenters. The first-order valence-electron chi connectivity index (χ1n) is 1.14. The first-order chi connectivity index (χ1) is 3.42. The Morgan fingerprint density at radius 2 is 1.75 bits per heavy atom. The SMILES string of the molecule is O=[S](=O)=[Fe][S](=O)(=O)O. The van der Waals surface area contributed by atoms with Gasteiger partial charge in [-0.05, 0) is 0 Å². The Balaban J connectivity index is 4.93. The quantitative estimate of drug-likeness (QED) is 0.419. The molecule has 0 fully saturated rings. The van der Waals surface area contributed by atoms with Crippen molar-refractivity contribution in [3.8, 4) is 0 Å². The first kappa shape index (κ1) is 8.25. The third-order valence-corrected chi connectivity index (χ3v) is 4.55. The minimum absolute atomic E-state index is 1.23. The van der Waals surface area contributed by atoms with Crippen LogP contribution in [0.1, 0.15) is 0 Å². The van der Waals surface area contributed by atoms with Crippen LogP contribution in [-0.2, 0) is 29.4 Å². The molecule has 0 unspecified atom stereocenters. The summed E-state index contributed by atoms with van der Waals surface area (Å²) in [6.07, 6.45) is 0. The zero-order valence-corrected chi connectivity index (χ0v) is 5.99. The fraction of sp³-hybridized carbons (Fsp3) is 0. The second kappa shape index (κ2) is 2.70.